The summed E-state index contributed by atoms with van der Waals surface area (Å²) in [7, 11) is 0. The third-order valence-electron chi connectivity index (χ3n) is 9.54. The molecule has 4 fully saturated rings. The molecule has 0 radical (unpaired) electrons. The second-order valence-corrected chi connectivity index (χ2v) is 10.1. The molecule has 6 nitrogen and oxygen atoms in total. The van der Waals surface area contributed by atoms with Gasteiger partial charge in [0.05, 0.1) is 18.9 Å². The lowest BCUT2D eigenvalue weighted by atomic mass is 9.39. The first-order valence-electron chi connectivity index (χ1n) is 10.8. The summed E-state index contributed by atoms with van der Waals surface area (Å²) in [6.07, 6.45) is 5.28. The molecule has 5 aliphatic rings. The van der Waals surface area contributed by atoms with Crippen LogP contribution in [0.3, 0.4) is 0 Å². The number of ether oxygens (including phenoxy) is 2. The minimum Gasteiger partial charge on any atom is -0.392 e. The monoisotopic (exact) mass is 420 g/mol. The van der Waals surface area contributed by atoms with Crippen molar-refractivity contribution in [1.82, 2.24) is 0 Å². The van der Waals surface area contributed by atoms with Crippen molar-refractivity contribution in [3.05, 3.63) is 23.8 Å². The normalized spacial score (nSPS) is 51.6. The molecule has 0 aromatic heterocycles. The maximum atomic E-state index is 15.1. The third kappa shape index (κ3) is 2.03. The number of carbonyl (C=O) groups is 2. The molecule has 1 aliphatic heterocycles. The first-order valence-corrected chi connectivity index (χ1v) is 10.8. The molecule has 8 atom stereocenters. The second-order valence-electron chi connectivity index (χ2n) is 10.1. The number of Topliss-reactive ketones (excluding diaryl/α,β-unsaturated/α-hetero) is 1. The molecule has 0 spiro atoms. The molecule has 7 heteroatoms. The third-order valence-corrected chi connectivity index (χ3v) is 9.54. The lowest BCUT2D eigenvalue weighted by Gasteiger charge is -2.65. The molecule has 0 unspecified atom stereocenters. The number of halogens is 1. The Morgan fingerprint density at radius 1 is 1.33 bits per heavy atom. The van der Waals surface area contributed by atoms with Gasteiger partial charge in [-0.3, -0.25) is 14.0 Å². The number of ketones is 2. The Morgan fingerprint density at radius 2 is 2.10 bits per heavy atom. The average Bonchev–Trinajstić information content (AvgIpc) is 3.24. The fourth-order valence-electron chi connectivity index (χ4n) is 8.09. The summed E-state index contributed by atoms with van der Waals surface area (Å²) in [5, 5.41) is 21.3. The molecule has 0 bridgehead atoms. The number of rotatable bonds is 3. The zero-order valence-corrected chi connectivity index (χ0v) is 17.4. The highest BCUT2D eigenvalue weighted by molar-refractivity contribution is 6.01. The highest BCUT2D eigenvalue weighted by Gasteiger charge is 2.77. The van der Waals surface area contributed by atoms with Crippen LogP contribution < -0.4 is 0 Å². The van der Waals surface area contributed by atoms with Gasteiger partial charge in [-0.2, -0.15) is 0 Å². The molecule has 2 N–H and O–H groups in total. The van der Waals surface area contributed by atoms with E-state index >= 15 is 4.39 Å². The Labute approximate surface area is 175 Å². The van der Waals surface area contributed by atoms with E-state index in [1.807, 2.05) is 13.8 Å². The van der Waals surface area contributed by atoms with Crippen LogP contribution in [0.5, 0.6) is 0 Å². The lowest BCUT2D eigenvalue weighted by molar-refractivity contribution is -0.221. The molecule has 4 aliphatic carbocycles. The van der Waals surface area contributed by atoms with Gasteiger partial charge in [-0.05, 0) is 49.7 Å². The van der Waals surface area contributed by atoms with Crippen molar-refractivity contribution >= 4 is 11.6 Å². The Kier molecular flexibility index (Phi) is 4.31. The van der Waals surface area contributed by atoms with E-state index in [2.05, 4.69) is 0 Å². The molecule has 1 saturated heterocycles. The van der Waals surface area contributed by atoms with E-state index in [4.69, 9.17) is 9.47 Å². The van der Waals surface area contributed by atoms with Crippen LogP contribution in [0, 0.1) is 28.1 Å². The number of carbonyl (C=O) groups excluding carboxylic acids is 2. The van der Waals surface area contributed by atoms with Crippen molar-refractivity contribution < 1.29 is 33.7 Å². The van der Waals surface area contributed by atoms with Crippen LogP contribution in [0.2, 0.25) is 0 Å². The maximum absolute atomic E-state index is 15.1. The van der Waals surface area contributed by atoms with Crippen LogP contribution in [0.1, 0.15) is 39.5 Å². The second kappa shape index (κ2) is 6.31. The van der Waals surface area contributed by atoms with Gasteiger partial charge in [-0.25, -0.2) is 0 Å². The molecule has 3 saturated carbocycles. The number of fused-ring (bicyclic) bond motifs is 7. The number of alkyl halides is 1. The Bertz CT molecular complexity index is 868. The van der Waals surface area contributed by atoms with Crippen molar-refractivity contribution in [3.8, 4) is 0 Å². The van der Waals surface area contributed by atoms with E-state index < -0.39 is 53.1 Å². The van der Waals surface area contributed by atoms with Gasteiger partial charge in [0.25, 0.3) is 0 Å². The van der Waals surface area contributed by atoms with Gasteiger partial charge < -0.3 is 19.7 Å². The van der Waals surface area contributed by atoms with Gasteiger partial charge in [0, 0.05) is 16.2 Å². The first-order chi connectivity index (χ1) is 14.2. The Balaban J connectivity index is 1.66. The summed E-state index contributed by atoms with van der Waals surface area (Å²) in [5.74, 6) is -0.852. The van der Waals surface area contributed by atoms with Crippen LogP contribution >= 0.6 is 0 Å². The van der Waals surface area contributed by atoms with Gasteiger partial charge in [0.15, 0.2) is 17.2 Å². The van der Waals surface area contributed by atoms with E-state index in [0.29, 0.717) is 19.3 Å². The number of aliphatic hydroxyl groups is 2. The maximum Gasteiger partial charge on any atom is 0.193 e. The molecule has 0 aromatic rings. The molecule has 1 heterocycles. The van der Waals surface area contributed by atoms with Gasteiger partial charge >= 0.3 is 0 Å². The van der Waals surface area contributed by atoms with Crippen molar-refractivity contribution in [2.45, 2.75) is 57.3 Å². The largest absolute Gasteiger partial charge is 0.392 e. The van der Waals surface area contributed by atoms with E-state index in [9.17, 15) is 19.8 Å². The topological polar surface area (TPSA) is 93.1 Å². The van der Waals surface area contributed by atoms with Crippen LogP contribution in [0.15, 0.2) is 23.8 Å². The molecular formula is C23H29FO6. The van der Waals surface area contributed by atoms with Crippen LogP contribution in [0.4, 0.5) is 4.39 Å². The van der Waals surface area contributed by atoms with Gasteiger partial charge in [0.2, 0.25) is 0 Å². The summed E-state index contributed by atoms with van der Waals surface area (Å²) in [5.41, 5.74) is -3.07. The summed E-state index contributed by atoms with van der Waals surface area (Å²) >= 11 is 0. The van der Waals surface area contributed by atoms with E-state index in [1.165, 1.54) is 6.08 Å². The molecule has 0 amide bonds. The highest BCUT2D eigenvalue weighted by Crippen LogP contribution is 2.73. The van der Waals surface area contributed by atoms with E-state index in [-0.39, 0.29) is 30.8 Å². The number of hydrogen-bond acceptors (Lipinski definition) is 6. The number of allylic oxidation sites excluding steroid dienone is 4. The summed E-state index contributed by atoms with van der Waals surface area (Å²) in [4.78, 5) is 24.9. The van der Waals surface area contributed by atoms with Crippen molar-refractivity contribution in [3.63, 3.8) is 0 Å². The SMILES string of the molecule is C[C@]12C=CC(=O)C=C1CC[C@H]1[C@@H]3C[C@H]4OCO[C@@]4(C(=O)CO)[C@@]3(C)C[C@H](O)[C@@]12CF. The summed E-state index contributed by atoms with van der Waals surface area (Å²) in [6.45, 7) is 2.46. The van der Waals surface area contributed by atoms with Gasteiger partial charge in [-0.15, -0.1) is 0 Å². The van der Waals surface area contributed by atoms with Crippen LogP contribution in [-0.2, 0) is 19.1 Å². The number of aliphatic hydroxyl groups excluding tert-OH is 2. The van der Waals surface area contributed by atoms with Crippen LogP contribution in [-0.4, -0.2) is 59.7 Å². The fourth-order valence-corrected chi connectivity index (χ4v) is 8.09. The Morgan fingerprint density at radius 3 is 2.80 bits per heavy atom. The Hall–Kier alpha value is -1.41. The molecular weight excluding hydrogens is 391 g/mol. The molecule has 30 heavy (non-hydrogen) atoms. The molecule has 5 rings (SSSR count). The predicted molar refractivity (Wildman–Crippen MR) is 104 cm³/mol. The molecule has 0 aromatic carbocycles. The van der Waals surface area contributed by atoms with Crippen LogP contribution in [0.25, 0.3) is 0 Å². The smallest absolute Gasteiger partial charge is 0.193 e. The fraction of sp³-hybridized carbons (Fsp3) is 0.739. The zero-order valence-electron chi connectivity index (χ0n) is 17.4. The average molecular weight is 420 g/mol. The van der Waals surface area contributed by atoms with E-state index in [0.717, 1.165) is 5.57 Å². The first kappa shape index (κ1) is 20.5. The zero-order chi connectivity index (χ0) is 21.5. The minimum atomic E-state index is -1.31. The highest BCUT2D eigenvalue weighted by atomic mass is 19.1. The molecule has 164 valence electrons. The van der Waals surface area contributed by atoms with E-state index in [1.54, 1.807) is 12.2 Å². The van der Waals surface area contributed by atoms with Crippen molar-refractivity contribution in [2.75, 3.05) is 20.1 Å². The lowest BCUT2D eigenvalue weighted by Crippen LogP contribution is -2.68. The number of hydrogen-bond donors (Lipinski definition) is 2. The predicted octanol–water partition coefficient (Wildman–Crippen LogP) is 1.89. The standard InChI is InChI=1S/C23H29FO6/c1-20-6-5-14(26)7-13(20)3-4-15-16-8-19-23(18(28)10-25,30-12-29-19)21(16,2)9-17(27)22(15,20)11-24/h5-7,15-17,19,25,27H,3-4,8-12H2,1-2H3/t15-,16-,17-,19+,20-,21-,22+,23+/m0/s1. The summed E-state index contributed by atoms with van der Waals surface area (Å²) < 4.78 is 26.8. The van der Waals surface area contributed by atoms with Gasteiger partial charge in [0.1, 0.15) is 13.4 Å². The minimum absolute atomic E-state index is 0.0246. The van der Waals surface area contributed by atoms with Crippen molar-refractivity contribution in [1.29, 1.82) is 0 Å². The van der Waals surface area contributed by atoms with Crippen molar-refractivity contribution in [2.24, 2.45) is 28.1 Å². The summed E-state index contributed by atoms with van der Waals surface area (Å²) in [6, 6.07) is 0. The quantitative estimate of drug-likeness (QED) is 0.724. The van der Waals surface area contributed by atoms with Gasteiger partial charge in [-0.1, -0.05) is 25.5 Å².